The number of aromatic nitrogens is 3. The Kier molecular flexibility index (Phi) is 6.59. The number of nitrogens with zero attached hydrogens (tertiary/aromatic N) is 3. The smallest absolute Gasteiger partial charge is 0.392 e. The van der Waals surface area contributed by atoms with Crippen molar-refractivity contribution in [3.63, 3.8) is 0 Å². The first-order chi connectivity index (χ1) is 12.9. The van der Waals surface area contributed by atoms with E-state index in [4.69, 9.17) is 0 Å². The van der Waals surface area contributed by atoms with Gasteiger partial charge in [0.1, 0.15) is 12.1 Å². The van der Waals surface area contributed by atoms with Crippen LogP contribution in [0.2, 0.25) is 0 Å². The molecule has 1 heterocycles. The number of nitrogens with one attached hydrogen (secondary N) is 2. The Hall–Kier alpha value is -2.29. The second kappa shape index (κ2) is 8.38. The van der Waals surface area contributed by atoms with Crippen molar-refractivity contribution >= 4 is 11.9 Å². The molecule has 0 saturated heterocycles. The summed E-state index contributed by atoms with van der Waals surface area (Å²) in [6.07, 6.45) is -7.89. The van der Waals surface area contributed by atoms with Crippen LogP contribution in [0.15, 0.2) is 0 Å². The molecule has 0 aliphatic heterocycles. The fourth-order valence-corrected chi connectivity index (χ4v) is 2.38. The first kappa shape index (κ1) is 22.0. The number of hydrogen-bond donors (Lipinski definition) is 3. The van der Waals surface area contributed by atoms with E-state index in [-0.39, 0.29) is 11.7 Å². The third-order valence-electron chi connectivity index (χ3n) is 4.16. The summed E-state index contributed by atoms with van der Waals surface area (Å²) in [6, 6.07) is -4.08. The maximum atomic E-state index is 12.7. The van der Waals surface area contributed by atoms with Gasteiger partial charge in [0, 0.05) is 5.92 Å². The Morgan fingerprint density at radius 2 is 1.43 bits per heavy atom. The summed E-state index contributed by atoms with van der Waals surface area (Å²) in [5.74, 6) is 3.44. The fraction of sp³-hybridized carbons (Fsp3) is 0.688. The summed E-state index contributed by atoms with van der Waals surface area (Å²) >= 11 is 0. The number of rotatable bonds is 4. The van der Waals surface area contributed by atoms with Crippen molar-refractivity contribution in [3.8, 4) is 11.8 Å². The highest BCUT2D eigenvalue weighted by Crippen LogP contribution is 2.26. The number of aliphatic hydroxyl groups excluding tert-OH is 1. The van der Waals surface area contributed by atoms with E-state index in [0.29, 0.717) is 12.8 Å². The molecule has 156 valence electrons. The van der Waals surface area contributed by atoms with Gasteiger partial charge in [-0.3, -0.25) is 0 Å². The lowest BCUT2D eigenvalue weighted by atomic mass is 10.1. The average Bonchev–Trinajstić information content (AvgIpc) is 2.96. The van der Waals surface area contributed by atoms with Crippen molar-refractivity contribution in [1.29, 1.82) is 0 Å². The topological polar surface area (TPSA) is 83.0 Å². The van der Waals surface area contributed by atoms with E-state index in [1.165, 1.54) is 0 Å². The van der Waals surface area contributed by atoms with Gasteiger partial charge >= 0.3 is 12.4 Å². The van der Waals surface area contributed by atoms with Crippen LogP contribution in [0.4, 0.5) is 38.2 Å². The maximum Gasteiger partial charge on any atom is 0.408 e. The molecule has 2 unspecified atom stereocenters. The average molecular weight is 411 g/mol. The number of alkyl halides is 6. The second-order valence-electron chi connectivity index (χ2n) is 6.50. The Bertz CT molecular complexity index is 702. The van der Waals surface area contributed by atoms with Gasteiger partial charge in [-0.1, -0.05) is 5.92 Å². The van der Waals surface area contributed by atoms with E-state index in [1.54, 1.807) is 0 Å². The van der Waals surface area contributed by atoms with Crippen molar-refractivity contribution in [1.82, 2.24) is 15.0 Å². The summed E-state index contributed by atoms with van der Waals surface area (Å²) in [4.78, 5) is 11.0. The van der Waals surface area contributed by atoms with Gasteiger partial charge in [-0.15, -0.1) is 0 Å². The van der Waals surface area contributed by atoms with E-state index in [1.807, 2.05) is 10.6 Å². The van der Waals surface area contributed by atoms with Crippen LogP contribution in [-0.4, -0.2) is 50.6 Å². The second-order valence-corrected chi connectivity index (χ2v) is 6.50. The third kappa shape index (κ3) is 6.12. The molecule has 0 bridgehead atoms. The molecule has 0 spiro atoms. The van der Waals surface area contributed by atoms with Gasteiger partial charge in [0.05, 0.1) is 6.10 Å². The van der Waals surface area contributed by atoms with Crippen LogP contribution in [0.3, 0.4) is 0 Å². The molecule has 1 aromatic rings. The Morgan fingerprint density at radius 1 is 0.929 bits per heavy atom. The molecule has 1 aromatic heterocycles. The molecule has 1 fully saturated rings. The molecule has 0 radical (unpaired) electrons. The highest BCUT2D eigenvalue weighted by Gasteiger charge is 2.38. The molecule has 0 amide bonds. The lowest BCUT2D eigenvalue weighted by Gasteiger charge is -2.19. The van der Waals surface area contributed by atoms with Crippen molar-refractivity contribution in [3.05, 3.63) is 5.82 Å². The van der Waals surface area contributed by atoms with Crippen LogP contribution >= 0.6 is 0 Å². The van der Waals surface area contributed by atoms with Crippen LogP contribution in [0.25, 0.3) is 0 Å². The zero-order valence-corrected chi connectivity index (χ0v) is 15.0. The molecular formula is C16H19F6N5O. The zero-order chi connectivity index (χ0) is 21.1. The highest BCUT2D eigenvalue weighted by atomic mass is 19.4. The minimum atomic E-state index is -4.61. The molecule has 12 heteroatoms. The summed E-state index contributed by atoms with van der Waals surface area (Å²) in [7, 11) is 0. The molecular weight excluding hydrogens is 392 g/mol. The lowest BCUT2D eigenvalue weighted by Crippen LogP contribution is -2.35. The van der Waals surface area contributed by atoms with Crippen LogP contribution in [0.1, 0.15) is 38.9 Å². The summed E-state index contributed by atoms with van der Waals surface area (Å²) < 4.78 is 76.5. The molecule has 28 heavy (non-hydrogen) atoms. The lowest BCUT2D eigenvalue weighted by molar-refractivity contribution is -0.139. The van der Waals surface area contributed by atoms with E-state index in [9.17, 15) is 31.4 Å². The molecule has 1 saturated carbocycles. The largest absolute Gasteiger partial charge is 0.408 e. The molecule has 1 aliphatic rings. The Balaban J connectivity index is 2.31. The van der Waals surface area contributed by atoms with Crippen LogP contribution in [0.5, 0.6) is 0 Å². The number of halogens is 6. The van der Waals surface area contributed by atoms with Gasteiger partial charge in [-0.2, -0.15) is 41.3 Å². The Labute approximate surface area is 157 Å². The molecule has 2 rings (SSSR count). The van der Waals surface area contributed by atoms with Crippen molar-refractivity contribution in [2.75, 3.05) is 10.6 Å². The van der Waals surface area contributed by atoms with E-state index < -0.39 is 42.4 Å². The van der Waals surface area contributed by atoms with Crippen molar-refractivity contribution < 1.29 is 31.4 Å². The van der Waals surface area contributed by atoms with Gasteiger partial charge in [0.2, 0.25) is 17.7 Å². The van der Waals surface area contributed by atoms with E-state index in [0.717, 1.165) is 20.3 Å². The van der Waals surface area contributed by atoms with Crippen molar-refractivity contribution in [2.45, 2.75) is 63.7 Å². The number of hydrogen-bond acceptors (Lipinski definition) is 6. The minimum absolute atomic E-state index is 0.303. The number of anilines is 2. The van der Waals surface area contributed by atoms with Crippen LogP contribution in [-0.2, 0) is 0 Å². The van der Waals surface area contributed by atoms with Gasteiger partial charge in [-0.05, 0) is 39.0 Å². The van der Waals surface area contributed by atoms with Gasteiger partial charge in [-0.25, -0.2) is 0 Å². The van der Waals surface area contributed by atoms with Crippen LogP contribution in [0, 0.1) is 17.8 Å². The first-order valence-electron chi connectivity index (χ1n) is 8.48. The fourth-order valence-electron chi connectivity index (χ4n) is 2.38. The molecule has 4 atom stereocenters. The summed E-state index contributed by atoms with van der Waals surface area (Å²) in [6.45, 7) is 1.63. The summed E-state index contributed by atoms with van der Waals surface area (Å²) in [5, 5.41) is 13.7. The maximum absolute atomic E-state index is 12.7. The Morgan fingerprint density at radius 3 is 1.82 bits per heavy atom. The quantitative estimate of drug-likeness (QED) is 0.522. The molecule has 6 nitrogen and oxygen atoms in total. The molecule has 3 N–H and O–H groups in total. The normalized spacial score (nSPS) is 22.2. The van der Waals surface area contributed by atoms with E-state index in [2.05, 4.69) is 26.8 Å². The summed E-state index contributed by atoms with van der Waals surface area (Å²) in [5.41, 5.74) is 0. The minimum Gasteiger partial charge on any atom is -0.392 e. The van der Waals surface area contributed by atoms with Gasteiger partial charge < -0.3 is 15.7 Å². The zero-order valence-electron chi connectivity index (χ0n) is 15.0. The van der Waals surface area contributed by atoms with E-state index >= 15 is 0 Å². The number of aliphatic hydroxyl groups is 1. The standard InChI is InChI=1S/C16H19F6N5O/c1-8(15(17,18)19)23-13-25-12(7-6-10-4-3-5-11(10)28)26-14(27-13)24-9(2)16(20,21)22/h8-11,28H,3-5H2,1-2H3,(H2,23,24,25,26,27)/t8-,9-,10?,11?/m1/s1. The van der Waals surface area contributed by atoms with Crippen LogP contribution < -0.4 is 10.6 Å². The monoisotopic (exact) mass is 411 g/mol. The van der Waals surface area contributed by atoms with Gasteiger partial charge in [0.15, 0.2) is 0 Å². The predicted octanol–water partition coefficient (Wildman–Crippen LogP) is 3.11. The van der Waals surface area contributed by atoms with Gasteiger partial charge in [0.25, 0.3) is 0 Å². The SMILES string of the molecule is C[C@@H](Nc1nc(C#CC2CCCC2O)nc(N[C@H](C)C(F)(F)F)n1)C(F)(F)F. The molecule has 1 aliphatic carbocycles. The first-order valence-corrected chi connectivity index (χ1v) is 8.48. The predicted molar refractivity (Wildman–Crippen MR) is 88.3 cm³/mol. The highest BCUT2D eigenvalue weighted by molar-refractivity contribution is 5.40. The molecule has 0 aromatic carbocycles. The van der Waals surface area contributed by atoms with Crippen molar-refractivity contribution in [2.24, 2.45) is 5.92 Å². The third-order valence-corrected chi connectivity index (χ3v) is 4.16.